The number of hydrogen-bond acceptors (Lipinski definition) is 3. The van der Waals surface area contributed by atoms with Crippen LogP contribution in [-0.4, -0.2) is 22.6 Å². The Morgan fingerprint density at radius 1 is 0.962 bits per heavy atom. The summed E-state index contributed by atoms with van der Waals surface area (Å²) >= 11 is 4.26. The lowest BCUT2D eigenvalue weighted by molar-refractivity contribution is 0.506. The fourth-order valence-electron chi connectivity index (χ4n) is 5.44. The van der Waals surface area contributed by atoms with Crippen LogP contribution in [0.15, 0.2) is 36.4 Å². The average molecular weight is 382 g/mol. The van der Waals surface area contributed by atoms with Gasteiger partial charge >= 0.3 is 0 Å². The van der Waals surface area contributed by atoms with Crippen molar-refractivity contribution < 1.29 is 0 Å². The molecule has 3 aliphatic rings. The van der Waals surface area contributed by atoms with E-state index in [-0.39, 0.29) is 5.41 Å². The molecule has 0 bridgehead atoms. The lowest BCUT2D eigenvalue weighted by atomic mass is 9.74. The Hall–Kier alpha value is -1.06. The van der Waals surface area contributed by atoms with Crippen LogP contribution >= 0.6 is 23.5 Å². The van der Waals surface area contributed by atoms with Crippen molar-refractivity contribution in [3.05, 3.63) is 64.2 Å². The summed E-state index contributed by atoms with van der Waals surface area (Å²) in [5, 5.41) is 3.87. The summed E-state index contributed by atoms with van der Waals surface area (Å²) in [4.78, 5) is 0. The first kappa shape index (κ1) is 17.1. The van der Waals surface area contributed by atoms with E-state index in [4.69, 9.17) is 0 Å². The molecule has 2 aromatic rings. The standard InChI is InChI=1S/C23H27NS2/c1-16-5-2-6-17-9-11-23(21(16)17)12-10-18-7-3-8-19(22(18)23)24-15-20-25-13-4-14-26-20/h2-3,5-8,20,24H,4,9-15H2,1H3/t23-/m1/s1. The molecule has 3 heteroatoms. The highest BCUT2D eigenvalue weighted by Gasteiger charge is 2.46. The third-order valence-corrected chi connectivity index (χ3v) is 9.41. The monoisotopic (exact) mass is 381 g/mol. The van der Waals surface area contributed by atoms with Crippen molar-refractivity contribution in [3.8, 4) is 0 Å². The summed E-state index contributed by atoms with van der Waals surface area (Å²) in [5.41, 5.74) is 9.59. The first-order chi connectivity index (χ1) is 12.8. The second kappa shape index (κ2) is 6.83. The van der Waals surface area contributed by atoms with E-state index in [0.717, 1.165) is 6.54 Å². The van der Waals surface area contributed by atoms with Crippen LogP contribution in [0.2, 0.25) is 0 Å². The van der Waals surface area contributed by atoms with E-state index < -0.39 is 0 Å². The van der Waals surface area contributed by atoms with Gasteiger partial charge in [-0.05, 0) is 84.4 Å². The molecule has 1 saturated heterocycles. The molecular weight excluding hydrogens is 354 g/mol. The Labute approximate surface area is 165 Å². The first-order valence-electron chi connectivity index (χ1n) is 9.96. The van der Waals surface area contributed by atoms with Gasteiger partial charge in [0.15, 0.2) is 0 Å². The van der Waals surface area contributed by atoms with Gasteiger partial charge in [0.2, 0.25) is 0 Å². The number of aryl methyl sites for hydroxylation is 3. The summed E-state index contributed by atoms with van der Waals surface area (Å²) in [6.45, 7) is 3.40. The summed E-state index contributed by atoms with van der Waals surface area (Å²) < 4.78 is 0.703. The Kier molecular flexibility index (Phi) is 4.48. The van der Waals surface area contributed by atoms with Crippen molar-refractivity contribution in [2.24, 2.45) is 0 Å². The molecule has 1 N–H and O–H groups in total. The number of thioether (sulfide) groups is 2. The van der Waals surface area contributed by atoms with Crippen LogP contribution in [-0.2, 0) is 18.3 Å². The van der Waals surface area contributed by atoms with E-state index in [1.54, 1.807) is 22.3 Å². The largest absolute Gasteiger partial charge is 0.383 e. The van der Waals surface area contributed by atoms with Gasteiger partial charge in [-0.1, -0.05) is 30.3 Å². The molecule has 2 aliphatic carbocycles. The van der Waals surface area contributed by atoms with Crippen molar-refractivity contribution in [3.63, 3.8) is 0 Å². The molecule has 1 aliphatic heterocycles. The summed E-state index contributed by atoms with van der Waals surface area (Å²) in [5.74, 6) is 2.64. The van der Waals surface area contributed by atoms with Gasteiger partial charge < -0.3 is 5.32 Å². The van der Waals surface area contributed by atoms with Crippen molar-refractivity contribution >= 4 is 29.2 Å². The molecule has 1 heterocycles. The van der Waals surface area contributed by atoms with Crippen LogP contribution in [0.1, 0.15) is 47.1 Å². The number of anilines is 1. The molecule has 0 unspecified atom stereocenters. The maximum atomic E-state index is 3.87. The van der Waals surface area contributed by atoms with Gasteiger partial charge in [0.05, 0.1) is 4.58 Å². The molecule has 2 aromatic carbocycles. The van der Waals surface area contributed by atoms with Gasteiger partial charge in [-0.15, -0.1) is 23.5 Å². The molecule has 5 rings (SSSR count). The predicted molar refractivity (Wildman–Crippen MR) is 117 cm³/mol. The number of hydrogen-bond donors (Lipinski definition) is 1. The van der Waals surface area contributed by atoms with E-state index in [2.05, 4.69) is 72.2 Å². The van der Waals surface area contributed by atoms with E-state index in [1.807, 2.05) is 0 Å². The molecule has 26 heavy (non-hydrogen) atoms. The van der Waals surface area contributed by atoms with Crippen molar-refractivity contribution in [2.45, 2.75) is 49.0 Å². The molecule has 136 valence electrons. The number of benzene rings is 2. The summed E-state index contributed by atoms with van der Waals surface area (Å²) in [6, 6.07) is 13.9. The number of nitrogens with one attached hydrogen (secondary N) is 1. The second-order valence-corrected chi connectivity index (χ2v) is 10.9. The molecule has 1 atom stereocenters. The van der Waals surface area contributed by atoms with Crippen LogP contribution < -0.4 is 5.32 Å². The number of rotatable bonds is 3. The van der Waals surface area contributed by atoms with Crippen molar-refractivity contribution in [1.29, 1.82) is 0 Å². The van der Waals surface area contributed by atoms with Crippen LogP contribution in [0.3, 0.4) is 0 Å². The van der Waals surface area contributed by atoms with E-state index in [9.17, 15) is 0 Å². The highest BCUT2D eigenvalue weighted by Crippen LogP contribution is 2.55. The third-order valence-electron chi connectivity index (χ3n) is 6.46. The lowest BCUT2D eigenvalue weighted by Crippen LogP contribution is -2.25. The van der Waals surface area contributed by atoms with Crippen LogP contribution in [0, 0.1) is 6.92 Å². The zero-order valence-electron chi connectivity index (χ0n) is 15.5. The topological polar surface area (TPSA) is 12.0 Å². The van der Waals surface area contributed by atoms with E-state index in [1.165, 1.54) is 54.9 Å². The van der Waals surface area contributed by atoms with Gasteiger partial charge in [0.1, 0.15) is 0 Å². The minimum absolute atomic E-state index is 0.256. The van der Waals surface area contributed by atoms with Gasteiger partial charge in [-0.2, -0.15) is 0 Å². The van der Waals surface area contributed by atoms with Gasteiger partial charge in [0, 0.05) is 17.6 Å². The second-order valence-electron chi connectivity index (χ2n) is 7.94. The smallest absolute Gasteiger partial charge is 0.0674 e. The average Bonchev–Trinajstić information content (AvgIpc) is 3.25. The van der Waals surface area contributed by atoms with Gasteiger partial charge in [-0.3, -0.25) is 0 Å². The Morgan fingerprint density at radius 2 is 1.65 bits per heavy atom. The normalized spacial score (nSPS) is 24.7. The van der Waals surface area contributed by atoms with Gasteiger partial charge in [-0.25, -0.2) is 0 Å². The van der Waals surface area contributed by atoms with Crippen LogP contribution in [0.5, 0.6) is 0 Å². The highest BCUT2D eigenvalue weighted by atomic mass is 32.2. The minimum Gasteiger partial charge on any atom is -0.383 e. The lowest BCUT2D eigenvalue weighted by Gasteiger charge is -2.31. The number of fused-ring (bicyclic) bond motifs is 4. The van der Waals surface area contributed by atoms with E-state index in [0.29, 0.717) is 4.58 Å². The Bertz CT molecular complexity index is 821. The van der Waals surface area contributed by atoms with Crippen molar-refractivity contribution in [2.75, 3.05) is 23.4 Å². The quantitative estimate of drug-likeness (QED) is 0.723. The zero-order valence-corrected chi connectivity index (χ0v) is 17.1. The molecule has 0 radical (unpaired) electrons. The molecule has 1 fully saturated rings. The fraction of sp³-hybridized carbons (Fsp3) is 0.478. The highest BCUT2D eigenvalue weighted by molar-refractivity contribution is 8.17. The summed E-state index contributed by atoms with van der Waals surface area (Å²) in [6.07, 6.45) is 6.40. The minimum atomic E-state index is 0.256. The third kappa shape index (κ3) is 2.70. The zero-order chi connectivity index (χ0) is 17.6. The fourth-order valence-corrected chi connectivity index (χ4v) is 8.13. The SMILES string of the molecule is Cc1cccc2c1[C@@]1(CC2)CCc2cccc(NCC3SCCCS3)c21. The maximum absolute atomic E-state index is 3.87. The maximum Gasteiger partial charge on any atom is 0.0674 e. The molecule has 0 amide bonds. The van der Waals surface area contributed by atoms with Crippen molar-refractivity contribution in [1.82, 2.24) is 0 Å². The van der Waals surface area contributed by atoms with E-state index >= 15 is 0 Å². The summed E-state index contributed by atoms with van der Waals surface area (Å²) in [7, 11) is 0. The van der Waals surface area contributed by atoms with Gasteiger partial charge in [0.25, 0.3) is 0 Å². The first-order valence-corrected chi connectivity index (χ1v) is 12.1. The van der Waals surface area contributed by atoms with Crippen LogP contribution in [0.25, 0.3) is 0 Å². The molecule has 1 spiro atoms. The Balaban J connectivity index is 1.52. The molecule has 0 aromatic heterocycles. The molecule has 1 nitrogen and oxygen atoms in total. The van der Waals surface area contributed by atoms with Crippen LogP contribution in [0.4, 0.5) is 5.69 Å². The predicted octanol–water partition coefficient (Wildman–Crippen LogP) is 5.78. The molecular formula is C23H27NS2. The molecule has 0 saturated carbocycles. The Morgan fingerprint density at radius 3 is 2.42 bits per heavy atom.